The zero-order valence-electron chi connectivity index (χ0n) is 17.0. The fraction of sp³-hybridized carbons (Fsp3) is 0.429. The second-order valence-corrected chi connectivity index (χ2v) is 6.86. The van der Waals surface area contributed by atoms with Gasteiger partial charge in [-0.25, -0.2) is 4.98 Å². The number of aryl methyl sites for hydroxylation is 1. The van der Waals surface area contributed by atoms with Gasteiger partial charge in [-0.15, -0.1) is 0 Å². The first-order valence-corrected chi connectivity index (χ1v) is 10.1. The van der Waals surface area contributed by atoms with Gasteiger partial charge in [-0.1, -0.05) is 26.8 Å². The number of hydrogen-bond donors (Lipinski definition) is 3. The van der Waals surface area contributed by atoms with E-state index in [1.165, 1.54) is 0 Å². The van der Waals surface area contributed by atoms with Gasteiger partial charge in [-0.05, 0) is 37.5 Å². The van der Waals surface area contributed by atoms with Crippen molar-refractivity contribution in [2.75, 3.05) is 29.0 Å². The van der Waals surface area contributed by atoms with Crippen LogP contribution in [0.3, 0.4) is 0 Å². The topological polar surface area (TPSA) is 97.5 Å². The summed E-state index contributed by atoms with van der Waals surface area (Å²) in [5.41, 5.74) is 15.7. The summed E-state index contributed by atoms with van der Waals surface area (Å²) in [4.78, 5) is 7.16. The van der Waals surface area contributed by atoms with Crippen molar-refractivity contribution < 1.29 is 0 Å². The van der Waals surface area contributed by atoms with Gasteiger partial charge in [0.1, 0.15) is 11.6 Å². The molecule has 0 bridgehead atoms. The Bertz CT molecular complexity index is 918. The van der Waals surface area contributed by atoms with Crippen molar-refractivity contribution in [3.63, 3.8) is 0 Å². The van der Waals surface area contributed by atoms with Crippen LogP contribution in [0.2, 0.25) is 0 Å². The lowest BCUT2D eigenvalue weighted by molar-refractivity contribution is 0.503. The van der Waals surface area contributed by atoms with E-state index in [0.717, 1.165) is 66.6 Å². The average Bonchev–Trinajstić information content (AvgIpc) is 3.13. The number of hydrogen-bond acceptors (Lipinski definition) is 6. The first-order valence-electron chi connectivity index (χ1n) is 10.1. The van der Waals surface area contributed by atoms with Gasteiger partial charge in [0, 0.05) is 42.1 Å². The summed E-state index contributed by atoms with van der Waals surface area (Å²) in [5.74, 6) is 1.81. The molecule has 1 saturated heterocycles. The molecule has 1 aliphatic rings. The van der Waals surface area contributed by atoms with E-state index in [9.17, 15) is 0 Å². The molecule has 0 amide bonds. The van der Waals surface area contributed by atoms with Gasteiger partial charge >= 0.3 is 0 Å². The van der Waals surface area contributed by atoms with Crippen LogP contribution in [0.25, 0.3) is 5.65 Å². The SMILES string of the molecule is CC.CCc1cnn2c(Nc3cccc(N)c3)cc(N3CCCC(N)C3)nc12. The molecular formula is C21H31N7. The molecule has 0 radical (unpaired) electrons. The molecule has 1 aromatic carbocycles. The number of benzene rings is 1. The quantitative estimate of drug-likeness (QED) is 0.598. The van der Waals surface area contributed by atoms with Crippen LogP contribution < -0.4 is 21.7 Å². The number of nitrogen functional groups attached to an aromatic ring is 1. The van der Waals surface area contributed by atoms with E-state index in [-0.39, 0.29) is 6.04 Å². The van der Waals surface area contributed by atoms with E-state index >= 15 is 0 Å². The number of nitrogens with two attached hydrogens (primary N) is 2. The Labute approximate surface area is 166 Å². The van der Waals surface area contributed by atoms with Gasteiger partial charge in [0.2, 0.25) is 0 Å². The number of fused-ring (bicyclic) bond motifs is 1. The first-order chi connectivity index (χ1) is 13.6. The smallest absolute Gasteiger partial charge is 0.162 e. The molecule has 1 aliphatic heterocycles. The Morgan fingerprint density at radius 1 is 1.25 bits per heavy atom. The lowest BCUT2D eigenvalue weighted by Crippen LogP contribution is -2.43. The Balaban J connectivity index is 0.00000109. The third-order valence-corrected chi connectivity index (χ3v) is 4.85. The van der Waals surface area contributed by atoms with Crippen molar-refractivity contribution in [3.05, 3.63) is 42.1 Å². The maximum Gasteiger partial charge on any atom is 0.162 e. The lowest BCUT2D eigenvalue weighted by Gasteiger charge is -2.32. The highest BCUT2D eigenvalue weighted by molar-refractivity contribution is 5.67. The third-order valence-electron chi connectivity index (χ3n) is 4.85. The van der Waals surface area contributed by atoms with Crippen LogP contribution in [0.4, 0.5) is 23.0 Å². The van der Waals surface area contributed by atoms with Crippen LogP contribution in [-0.4, -0.2) is 33.7 Å². The van der Waals surface area contributed by atoms with Crippen LogP contribution in [0, 0.1) is 0 Å². The molecule has 0 saturated carbocycles. The number of aromatic nitrogens is 3. The van der Waals surface area contributed by atoms with Crippen molar-refractivity contribution in [2.45, 2.75) is 46.1 Å². The summed E-state index contributed by atoms with van der Waals surface area (Å²) in [5, 5.41) is 7.96. The van der Waals surface area contributed by atoms with Gasteiger partial charge in [0.15, 0.2) is 5.65 Å². The minimum absolute atomic E-state index is 0.197. The lowest BCUT2D eigenvalue weighted by atomic mass is 10.1. The average molecular weight is 382 g/mol. The predicted molar refractivity (Wildman–Crippen MR) is 117 cm³/mol. The Morgan fingerprint density at radius 3 is 2.79 bits per heavy atom. The molecule has 0 aliphatic carbocycles. The molecule has 4 rings (SSSR count). The van der Waals surface area contributed by atoms with E-state index < -0.39 is 0 Å². The number of nitrogens with zero attached hydrogens (tertiary/aromatic N) is 4. The van der Waals surface area contributed by atoms with Crippen LogP contribution in [0.5, 0.6) is 0 Å². The van der Waals surface area contributed by atoms with Crippen LogP contribution in [0.15, 0.2) is 36.5 Å². The summed E-state index contributed by atoms with van der Waals surface area (Å²) in [6.07, 6.45) is 4.93. The highest BCUT2D eigenvalue weighted by Gasteiger charge is 2.20. The summed E-state index contributed by atoms with van der Waals surface area (Å²) in [6.45, 7) is 7.92. The Kier molecular flexibility index (Phi) is 6.36. The second kappa shape index (κ2) is 8.93. The van der Waals surface area contributed by atoms with Crippen LogP contribution >= 0.6 is 0 Å². The molecule has 2 aromatic heterocycles. The molecule has 5 N–H and O–H groups in total. The minimum atomic E-state index is 0.197. The molecule has 0 spiro atoms. The molecule has 7 heteroatoms. The van der Waals surface area contributed by atoms with E-state index in [0.29, 0.717) is 0 Å². The van der Waals surface area contributed by atoms with Gasteiger partial charge in [-0.3, -0.25) is 0 Å². The Hall–Kier alpha value is -2.80. The van der Waals surface area contributed by atoms with Crippen LogP contribution in [-0.2, 0) is 6.42 Å². The molecule has 3 heterocycles. The Morgan fingerprint density at radius 2 is 2.07 bits per heavy atom. The standard InChI is InChI=1S/C19H25N7.C2H6/c1-2-13-11-22-26-18(23-16-7-3-5-14(20)9-16)10-17(24-19(13)26)25-8-4-6-15(21)12-25;1-2/h3,5,7,9-11,15,23H,2,4,6,8,12,20-21H2,1H3;1-2H3. The fourth-order valence-corrected chi connectivity index (χ4v) is 3.48. The van der Waals surface area contributed by atoms with Crippen molar-refractivity contribution in [1.29, 1.82) is 0 Å². The van der Waals surface area contributed by atoms with Crippen molar-refractivity contribution in [3.8, 4) is 0 Å². The molecule has 1 fully saturated rings. The predicted octanol–water partition coefficient (Wildman–Crippen LogP) is 3.57. The minimum Gasteiger partial charge on any atom is -0.399 e. The van der Waals surface area contributed by atoms with E-state index in [2.05, 4.69) is 22.2 Å². The summed E-state index contributed by atoms with van der Waals surface area (Å²) < 4.78 is 1.86. The zero-order chi connectivity index (χ0) is 20.1. The van der Waals surface area contributed by atoms with E-state index in [1.807, 2.05) is 54.9 Å². The normalized spacial score (nSPS) is 16.6. The number of rotatable bonds is 4. The number of piperidine rings is 1. The molecule has 28 heavy (non-hydrogen) atoms. The van der Waals surface area contributed by atoms with Crippen molar-refractivity contribution in [1.82, 2.24) is 14.6 Å². The monoisotopic (exact) mass is 381 g/mol. The molecule has 7 nitrogen and oxygen atoms in total. The number of nitrogens with one attached hydrogen (secondary N) is 1. The van der Waals surface area contributed by atoms with Crippen LogP contribution in [0.1, 0.15) is 39.2 Å². The molecule has 1 atom stereocenters. The van der Waals surface area contributed by atoms with E-state index in [1.54, 1.807) is 0 Å². The van der Waals surface area contributed by atoms with Crippen molar-refractivity contribution in [2.24, 2.45) is 5.73 Å². The van der Waals surface area contributed by atoms with Crippen molar-refractivity contribution >= 4 is 28.7 Å². The van der Waals surface area contributed by atoms with Gasteiger partial charge in [0.25, 0.3) is 0 Å². The van der Waals surface area contributed by atoms with Gasteiger partial charge in [-0.2, -0.15) is 9.61 Å². The van der Waals surface area contributed by atoms with E-state index in [4.69, 9.17) is 16.5 Å². The maximum absolute atomic E-state index is 6.17. The summed E-state index contributed by atoms with van der Waals surface area (Å²) >= 11 is 0. The second-order valence-electron chi connectivity index (χ2n) is 6.86. The fourth-order valence-electron chi connectivity index (χ4n) is 3.48. The molecule has 3 aromatic rings. The highest BCUT2D eigenvalue weighted by atomic mass is 15.3. The summed E-state index contributed by atoms with van der Waals surface area (Å²) in [6, 6.07) is 9.94. The maximum atomic E-state index is 6.17. The largest absolute Gasteiger partial charge is 0.399 e. The third kappa shape index (κ3) is 4.20. The highest BCUT2D eigenvalue weighted by Crippen LogP contribution is 2.26. The number of anilines is 4. The molecular weight excluding hydrogens is 350 g/mol. The zero-order valence-corrected chi connectivity index (χ0v) is 17.0. The first kappa shape index (κ1) is 19.9. The van der Waals surface area contributed by atoms with Gasteiger partial charge in [0.05, 0.1) is 6.20 Å². The van der Waals surface area contributed by atoms with Gasteiger partial charge < -0.3 is 21.7 Å². The summed E-state index contributed by atoms with van der Waals surface area (Å²) in [7, 11) is 0. The molecule has 150 valence electrons. The molecule has 1 unspecified atom stereocenters.